The molecule has 2 aliphatic heterocycles. The third-order valence-electron chi connectivity index (χ3n) is 3.12. The van der Waals surface area contributed by atoms with Gasteiger partial charge in [-0.05, 0) is 6.92 Å². The molecule has 2 atom stereocenters. The summed E-state index contributed by atoms with van der Waals surface area (Å²) in [6.45, 7) is 3.06. The van der Waals surface area contributed by atoms with Crippen molar-refractivity contribution >= 4 is 5.82 Å². The molecule has 3 heterocycles. The van der Waals surface area contributed by atoms with Crippen LogP contribution < -0.4 is 10.3 Å². The Kier molecular flexibility index (Phi) is 1.74. The average molecular weight is 224 g/mol. The largest absolute Gasteiger partial charge is 0.503 e. The molecular formula is C10H12N2O4. The van der Waals surface area contributed by atoms with Gasteiger partial charge < -0.3 is 24.4 Å². The van der Waals surface area contributed by atoms with Crippen molar-refractivity contribution in [3.05, 3.63) is 16.4 Å². The van der Waals surface area contributed by atoms with Gasteiger partial charge in [-0.3, -0.25) is 4.79 Å². The molecule has 0 radical (unpaired) electrons. The molecule has 0 amide bonds. The molecular weight excluding hydrogens is 212 g/mol. The van der Waals surface area contributed by atoms with Gasteiger partial charge in [0.2, 0.25) is 5.75 Å². The van der Waals surface area contributed by atoms with Crippen LogP contribution in [-0.4, -0.2) is 33.7 Å². The van der Waals surface area contributed by atoms with Gasteiger partial charge in [0, 0.05) is 0 Å². The van der Waals surface area contributed by atoms with Crippen molar-refractivity contribution in [2.75, 3.05) is 11.5 Å². The first-order chi connectivity index (χ1) is 7.59. The fourth-order valence-electron chi connectivity index (χ4n) is 2.38. The second kappa shape index (κ2) is 2.91. The first kappa shape index (κ1) is 9.53. The van der Waals surface area contributed by atoms with E-state index < -0.39 is 16.9 Å². The lowest BCUT2D eigenvalue weighted by Crippen LogP contribution is -2.32. The van der Waals surface area contributed by atoms with Crippen molar-refractivity contribution in [3.63, 3.8) is 0 Å². The van der Waals surface area contributed by atoms with E-state index in [0.29, 0.717) is 19.0 Å². The van der Waals surface area contributed by atoms with Crippen LogP contribution in [0.3, 0.4) is 0 Å². The van der Waals surface area contributed by atoms with Crippen molar-refractivity contribution in [1.29, 1.82) is 0 Å². The maximum absolute atomic E-state index is 11.4. The molecule has 0 bridgehead atoms. The summed E-state index contributed by atoms with van der Waals surface area (Å²) >= 11 is 0. The Hall–Kier alpha value is -1.69. The molecule has 1 saturated heterocycles. The summed E-state index contributed by atoms with van der Waals surface area (Å²) < 4.78 is 7.16. The highest BCUT2D eigenvalue weighted by atomic mass is 16.5. The average Bonchev–Trinajstić information content (AvgIpc) is 2.76. The zero-order valence-corrected chi connectivity index (χ0v) is 8.75. The Labute approximate surface area is 91.3 Å². The predicted molar refractivity (Wildman–Crippen MR) is 55.7 cm³/mol. The molecule has 6 nitrogen and oxygen atoms in total. The van der Waals surface area contributed by atoms with Crippen molar-refractivity contribution < 1.29 is 14.9 Å². The molecule has 3 rings (SSSR count). The Morgan fingerprint density at radius 2 is 2.25 bits per heavy atom. The number of aromatic nitrogens is 1. The predicted octanol–water partition coefficient (Wildman–Crippen LogP) is -0.176. The molecule has 6 heteroatoms. The molecule has 0 saturated carbocycles. The number of nitrogens with zero attached hydrogens (tertiary/aromatic N) is 2. The highest BCUT2D eigenvalue weighted by Gasteiger charge is 2.41. The lowest BCUT2D eigenvalue weighted by atomic mass is 10.3. The molecule has 0 unspecified atom stereocenters. The summed E-state index contributed by atoms with van der Waals surface area (Å²) in [6, 6.07) is 0.119. The highest BCUT2D eigenvalue weighted by Crippen LogP contribution is 2.38. The Morgan fingerprint density at radius 3 is 3.00 bits per heavy atom. The van der Waals surface area contributed by atoms with Gasteiger partial charge in [-0.15, -0.1) is 0 Å². The van der Waals surface area contributed by atoms with Crippen LogP contribution in [0.2, 0.25) is 0 Å². The molecule has 1 aromatic rings. The van der Waals surface area contributed by atoms with Gasteiger partial charge in [0.1, 0.15) is 6.23 Å². The van der Waals surface area contributed by atoms with Gasteiger partial charge >= 0.3 is 0 Å². The van der Waals surface area contributed by atoms with Gasteiger partial charge in [0.25, 0.3) is 5.43 Å². The van der Waals surface area contributed by atoms with E-state index in [9.17, 15) is 15.0 Å². The normalized spacial score (nSPS) is 26.9. The van der Waals surface area contributed by atoms with E-state index in [2.05, 4.69) is 0 Å². The minimum atomic E-state index is -0.731. The zero-order chi connectivity index (χ0) is 11.4. The molecule has 0 spiro atoms. The van der Waals surface area contributed by atoms with Gasteiger partial charge in [-0.2, -0.15) is 0 Å². The Bertz CT molecular complexity index is 510. The molecule has 1 aromatic heterocycles. The van der Waals surface area contributed by atoms with Crippen molar-refractivity contribution in [1.82, 2.24) is 4.57 Å². The topological polar surface area (TPSA) is 74.9 Å². The molecule has 16 heavy (non-hydrogen) atoms. The first-order valence-corrected chi connectivity index (χ1v) is 5.15. The third kappa shape index (κ3) is 1.02. The van der Waals surface area contributed by atoms with Crippen molar-refractivity contribution in [3.8, 4) is 11.5 Å². The van der Waals surface area contributed by atoms with Crippen LogP contribution >= 0.6 is 0 Å². The summed E-state index contributed by atoms with van der Waals surface area (Å²) in [5.41, 5.74) is -0.731. The molecule has 0 aliphatic carbocycles. The maximum atomic E-state index is 11.4. The molecule has 2 N–H and O–H groups in total. The van der Waals surface area contributed by atoms with Crippen LogP contribution in [0.25, 0.3) is 0 Å². The lowest BCUT2D eigenvalue weighted by molar-refractivity contribution is 0.106. The molecule has 1 fully saturated rings. The van der Waals surface area contributed by atoms with E-state index in [4.69, 9.17) is 4.74 Å². The molecule has 86 valence electrons. The summed E-state index contributed by atoms with van der Waals surface area (Å²) in [4.78, 5) is 13.3. The monoisotopic (exact) mass is 224 g/mol. The maximum Gasteiger partial charge on any atom is 0.266 e. The standard InChI is InChI=1S/C10H12N2O4/c1-5-4-16-7-3-11-2-6(13)8(14)9(15)10(11)12(5)7/h2,5,7,13,15H,3-4H2,1H3/t5-,7+/m0/s1. The summed E-state index contributed by atoms with van der Waals surface area (Å²) in [7, 11) is 0. The van der Waals surface area contributed by atoms with Crippen LogP contribution in [0, 0.1) is 0 Å². The van der Waals surface area contributed by atoms with Gasteiger partial charge in [0.15, 0.2) is 11.6 Å². The first-order valence-electron chi connectivity index (χ1n) is 5.15. The smallest absolute Gasteiger partial charge is 0.266 e. The Balaban J connectivity index is 2.22. The number of rotatable bonds is 0. The lowest BCUT2D eigenvalue weighted by Gasteiger charge is -2.21. The minimum Gasteiger partial charge on any atom is -0.503 e. The van der Waals surface area contributed by atoms with Crippen LogP contribution in [0.5, 0.6) is 11.5 Å². The second-order valence-corrected chi connectivity index (χ2v) is 4.21. The molecule has 0 aromatic carbocycles. The quantitative estimate of drug-likeness (QED) is 0.639. The Morgan fingerprint density at radius 1 is 1.50 bits per heavy atom. The number of aromatic hydroxyl groups is 2. The highest BCUT2D eigenvalue weighted by molar-refractivity contribution is 5.58. The summed E-state index contributed by atoms with van der Waals surface area (Å²) in [6.07, 6.45) is 1.19. The fourth-order valence-corrected chi connectivity index (χ4v) is 2.38. The van der Waals surface area contributed by atoms with Crippen LogP contribution in [-0.2, 0) is 11.3 Å². The van der Waals surface area contributed by atoms with E-state index in [0.717, 1.165) is 0 Å². The van der Waals surface area contributed by atoms with Crippen LogP contribution in [0.4, 0.5) is 5.82 Å². The van der Waals surface area contributed by atoms with Gasteiger partial charge in [-0.25, -0.2) is 0 Å². The van der Waals surface area contributed by atoms with Crippen LogP contribution in [0.1, 0.15) is 6.92 Å². The van der Waals surface area contributed by atoms with Gasteiger partial charge in [0.05, 0.1) is 25.4 Å². The number of ether oxygens (including phenoxy) is 1. The molecule has 2 aliphatic rings. The van der Waals surface area contributed by atoms with E-state index in [1.807, 2.05) is 11.8 Å². The van der Waals surface area contributed by atoms with Crippen LogP contribution in [0.15, 0.2) is 11.0 Å². The number of anilines is 1. The minimum absolute atomic E-state index is 0.119. The van der Waals surface area contributed by atoms with Gasteiger partial charge in [-0.1, -0.05) is 0 Å². The van der Waals surface area contributed by atoms with Crippen molar-refractivity contribution in [2.24, 2.45) is 0 Å². The van der Waals surface area contributed by atoms with Crippen molar-refractivity contribution in [2.45, 2.75) is 25.7 Å². The van der Waals surface area contributed by atoms with E-state index in [1.165, 1.54) is 6.20 Å². The van der Waals surface area contributed by atoms with E-state index in [1.54, 1.807) is 4.57 Å². The summed E-state index contributed by atoms with van der Waals surface area (Å²) in [5.74, 6) is -0.396. The number of pyridine rings is 1. The number of hydrogen-bond donors (Lipinski definition) is 2. The number of hydrogen-bond acceptors (Lipinski definition) is 5. The van der Waals surface area contributed by atoms with E-state index >= 15 is 0 Å². The second-order valence-electron chi connectivity index (χ2n) is 4.21. The summed E-state index contributed by atoms with van der Waals surface area (Å²) in [5, 5.41) is 19.1. The zero-order valence-electron chi connectivity index (χ0n) is 8.75. The fraction of sp³-hybridized carbons (Fsp3) is 0.500. The SMILES string of the molecule is C[C@H]1CO[C@@H]2Cn3cc(O)c(=O)c(O)c3N12. The number of fused-ring (bicyclic) bond motifs is 3. The third-order valence-corrected chi connectivity index (χ3v) is 3.12. The van der Waals surface area contributed by atoms with E-state index in [-0.39, 0.29) is 12.3 Å².